The highest BCUT2D eigenvalue weighted by Crippen LogP contribution is 2.23. The molecule has 1 N–H and O–H groups in total. The summed E-state index contributed by atoms with van der Waals surface area (Å²) < 4.78 is 26.7. The van der Waals surface area contributed by atoms with Crippen molar-refractivity contribution in [3.8, 4) is 0 Å². The Balaban J connectivity index is 1.75. The van der Waals surface area contributed by atoms with Gasteiger partial charge in [-0.05, 0) is 48.6 Å². The average molecular weight is 387 g/mol. The number of hydrogen-bond acceptors (Lipinski definition) is 3. The van der Waals surface area contributed by atoms with Crippen LogP contribution in [0.2, 0.25) is 0 Å². The lowest BCUT2D eigenvalue weighted by molar-refractivity contribution is 0.0925. The lowest BCUT2D eigenvalue weighted by atomic mass is 9.95. The number of rotatable bonds is 6. The average Bonchev–Trinajstić information content (AvgIpc) is 3.22. The second-order valence-corrected chi connectivity index (χ2v) is 9.18. The van der Waals surface area contributed by atoms with Crippen molar-refractivity contribution in [3.63, 3.8) is 0 Å². The molecular formula is C21H26N2O3S. The van der Waals surface area contributed by atoms with E-state index in [0.29, 0.717) is 18.7 Å². The van der Waals surface area contributed by atoms with Crippen LogP contribution < -0.4 is 5.32 Å². The molecule has 3 rings (SSSR count). The molecule has 1 atom stereocenters. The van der Waals surface area contributed by atoms with E-state index in [1.54, 1.807) is 12.1 Å². The predicted octanol–water partition coefficient (Wildman–Crippen LogP) is 3.60. The van der Waals surface area contributed by atoms with Crippen LogP contribution in [0.25, 0.3) is 0 Å². The summed E-state index contributed by atoms with van der Waals surface area (Å²) in [5.74, 6) is 0.0221. The topological polar surface area (TPSA) is 66.5 Å². The van der Waals surface area contributed by atoms with Crippen LogP contribution in [0.15, 0.2) is 59.5 Å². The van der Waals surface area contributed by atoms with Crippen LogP contribution in [0, 0.1) is 5.92 Å². The monoisotopic (exact) mass is 386 g/mol. The van der Waals surface area contributed by atoms with E-state index in [9.17, 15) is 13.2 Å². The molecule has 0 unspecified atom stereocenters. The number of hydrogen-bond donors (Lipinski definition) is 1. The second-order valence-electron chi connectivity index (χ2n) is 7.24. The van der Waals surface area contributed by atoms with Gasteiger partial charge < -0.3 is 5.32 Å². The molecule has 2 aromatic rings. The summed E-state index contributed by atoms with van der Waals surface area (Å²) >= 11 is 0. The summed E-state index contributed by atoms with van der Waals surface area (Å²) in [5, 5.41) is 3.06. The third-order valence-electron chi connectivity index (χ3n) is 4.93. The molecule has 0 radical (unpaired) electrons. The summed E-state index contributed by atoms with van der Waals surface area (Å²) in [5.41, 5.74) is 1.51. The van der Waals surface area contributed by atoms with Crippen molar-refractivity contribution in [3.05, 3.63) is 65.7 Å². The van der Waals surface area contributed by atoms with Crippen molar-refractivity contribution in [2.45, 2.75) is 37.6 Å². The standard InChI is InChI=1S/C21H26N2O3S/c1-16(2)20(17-8-4-3-5-9-17)22-21(24)18-10-12-19(13-11-18)27(25,26)23-14-6-7-15-23/h3-5,8-13,16,20H,6-7,14-15H2,1-2H3,(H,22,24)/t20-/m1/s1. The summed E-state index contributed by atoms with van der Waals surface area (Å²) in [7, 11) is -3.46. The highest BCUT2D eigenvalue weighted by Gasteiger charge is 2.27. The molecule has 1 aliphatic rings. The summed E-state index contributed by atoms with van der Waals surface area (Å²) in [6, 6.07) is 16.0. The molecular weight excluding hydrogens is 360 g/mol. The Morgan fingerprint density at radius 2 is 1.56 bits per heavy atom. The van der Waals surface area contributed by atoms with Crippen LogP contribution in [-0.4, -0.2) is 31.7 Å². The van der Waals surface area contributed by atoms with Gasteiger partial charge >= 0.3 is 0 Å². The Kier molecular flexibility index (Phi) is 5.97. The first-order valence-electron chi connectivity index (χ1n) is 9.35. The molecule has 0 aliphatic carbocycles. The molecule has 1 heterocycles. The maximum Gasteiger partial charge on any atom is 0.251 e. The minimum Gasteiger partial charge on any atom is -0.345 e. The van der Waals surface area contributed by atoms with E-state index < -0.39 is 10.0 Å². The first-order chi connectivity index (χ1) is 12.9. The Labute approximate surface area is 161 Å². The highest BCUT2D eigenvalue weighted by atomic mass is 32.2. The number of benzene rings is 2. The molecule has 2 aromatic carbocycles. The van der Waals surface area contributed by atoms with E-state index in [0.717, 1.165) is 18.4 Å². The largest absolute Gasteiger partial charge is 0.345 e. The van der Waals surface area contributed by atoms with E-state index in [1.165, 1.54) is 16.4 Å². The van der Waals surface area contributed by atoms with Gasteiger partial charge in [0.1, 0.15) is 0 Å². The first kappa shape index (κ1) is 19.6. The Hall–Kier alpha value is -2.18. The molecule has 1 aliphatic heterocycles. The van der Waals surface area contributed by atoms with Gasteiger partial charge in [-0.25, -0.2) is 8.42 Å². The maximum atomic E-state index is 12.7. The number of nitrogens with one attached hydrogen (secondary N) is 1. The number of amides is 1. The molecule has 5 nitrogen and oxygen atoms in total. The zero-order valence-corrected chi connectivity index (χ0v) is 16.6. The van der Waals surface area contributed by atoms with Gasteiger partial charge in [-0.2, -0.15) is 4.31 Å². The fraction of sp³-hybridized carbons (Fsp3) is 0.381. The fourth-order valence-corrected chi connectivity index (χ4v) is 4.89. The van der Waals surface area contributed by atoms with Crippen LogP contribution in [0.3, 0.4) is 0 Å². The van der Waals surface area contributed by atoms with Crippen LogP contribution >= 0.6 is 0 Å². The Morgan fingerprint density at radius 1 is 0.963 bits per heavy atom. The molecule has 0 spiro atoms. The predicted molar refractivity (Wildman–Crippen MR) is 106 cm³/mol. The zero-order chi connectivity index (χ0) is 19.4. The summed E-state index contributed by atoms with van der Waals surface area (Å²) in [6.07, 6.45) is 1.80. The van der Waals surface area contributed by atoms with Crippen molar-refractivity contribution >= 4 is 15.9 Å². The first-order valence-corrected chi connectivity index (χ1v) is 10.8. The third-order valence-corrected chi connectivity index (χ3v) is 6.84. The van der Waals surface area contributed by atoms with E-state index in [-0.39, 0.29) is 22.8 Å². The lowest BCUT2D eigenvalue weighted by Gasteiger charge is -2.23. The van der Waals surface area contributed by atoms with E-state index >= 15 is 0 Å². The lowest BCUT2D eigenvalue weighted by Crippen LogP contribution is -2.32. The summed E-state index contributed by atoms with van der Waals surface area (Å²) in [6.45, 7) is 5.25. The van der Waals surface area contributed by atoms with Gasteiger partial charge in [0.25, 0.3) is 5.91 Å². The molecule has 1 saturated heterocycles. The molecule has 6 heteroatoms. The van der Waals surface area contributed by atoms with Gasteiger partial charge in [0.15, 0.2) is 0 Å². The molecule has 27 heavy (non-hydrogen) atoms. The van der Waals surface area contributed by atoms with Crippen molar-refractivity contribution in [2.24, 2.45) is 5.92 Å². The SMILES string of the molecule is CC(C)[C@@H](NC(=O)c1ccc(S(=O)(=O)N2CCCC2)cc1)c1ccccc1. The fourth-order valence-electron chi connectivity index (χ4n) is 3.38. The minimum absolute atomic E-state index is 0.105. The molecule has 0 aromatic heterocycles. The summed E-state index contributed by atoms with van der Waals surface area (Å²) in [4.78, 5) is 12.9. The van der Waals surface area contributed by atoms with Crippen molar-refractivity contribution in [1.29, 1.82) is 0 Å². The molecule has 144 valence electrons. The van der Waals surface area contributed by atoms with E-state index in [1.807, 2.05) is 30.3 Å². The number of carbonyl (C=O) groups excluding carboxylic acids is 1. The van der Waals surface area contributed by atoms with Gasteiger partial charge in [-0.3, -0.25) is 4.79 Å². The molecule has 0 saturated carbocycles. The minimum atomic E-state index is -3.46. The molecule has 1 fully saturated rings. The van der Waals surface area contributed by atoms with E-state index in [4.69, 9.17) is 0 Å². The number of carbonyl (C=O) groups is 1. The Bertz CT molecular complexity index is 871. The van der Waals surface area contributed by atoms with Crippen LogP contribution in [0.4, 0.5) is 0 Å². The zero-order valence-electron chi connectivity index (χ0n) is 15.8. The third kappa shape index (κ3) is 4.39. The van der Waals surface area contributed by atoms with E-state index in [2.05, 4.69) is 19.2 Å². The van der Waals surface area contributed by atoms with Crippen molar-refractivity contribution < 1.29 is 13.2 Å². The maximum absolute atomic E-state index is 12.7. The van der Waals surface area contributed by atoms with Gasteiger partial charge in [0.2, 0.25) is 10.0 Å². The van der Waals surface area contributed by atoms with Gasteiger partial charge in [0, 0.05) is 18.7 Å². The van der Waals surface area contributed by atoms with Gasteiger partial charge in [-0.15, -0.1) is 0 Å². The van der Waals surface area contributed by atoms with Gasteiger partial charge in [0.05, 0.1) is 10.9 Å². The number of nitrogens with zero attached hydrogens (tertiary/aromatic N) is 1. The highest BCUT2D eigenvalue weighted by molar-refractivity contribution is 7.89. The van der Waals surface area contributed by atoms with Crippen LogP contribution in [0.1, 0.15) is 48.7 Å². The number of sulfonamides is 1. The smallest absolute Gasteiger partial charge is 0.251 e. The molecule has 0 bridgehead atoms. The molecule has 1 amide bonds. The quantitative estimate of drug-likeness (QED) is 0.825. The second kappa shape index (κ2) is 8.23. The normalized spacial score (nSPS) is 16.4. The van der Waals surface area contributed by atoms with Crippen LogP contribution in [-0.2, 0) is 10.0 Å². The van der Waals surface area contributed by atoms with Gasteiger partial charge in [-0.1, -0.05) is 44.2 Å². The van der Waals surface area contributed by atoms with Crippen molar-refractivity contribution in [2.75, 3.05) is 13.1 Å². The Morgan fingerprint density at radius 3 is 2.11 bits per heavy atom. The van der Waals surface area contributed by atoms with Crippen LogP contribution in [0.5, 0.6) is 0 Å². The van der Waals surface area contributed by atoms with Crippen molar-refractivity contribution in [1.82, 2.24) is 9.62 Å².